The molecule has 1 aliphatic rings. The van der Waals surface area contributed by atoms with Crippen LogP contribution in [0.5, 0.6) is 0 Å². The number of aliphatic hydroxyl groups is 1. The van der Waals surface area contributed by atoms with Crippen LogP contribution in [0.4, 0.5) is 0 Å². The van der Waals surface area contributed by atoms with Gasteiger partial charge in [-0.3, -0.25) is 4.79 Å². The predicted molar refractivity (Wildman–Crippen MR) is 70.1 cm³/mol. The number of hydrogen-bond acceptors (Lipinski definition) is 4. The minimum atomic E-state index is -0.436. The van der Waals surface area contributed by atoms with Gasteiger partial charge in [-0.15, -0.1) is 0 Å². The van der Waals surface area contributed by atoms with Crippen LogP contribution in [0.2, 0.25) is 0 Å². The molecule has 0 spiro atoms. The standard InChI is InChI=1S/C13H17N3O3/c14-12(15-19)9-3-5-10(6-4-9)13(18)16-7-1-2-11(17)8-16/h3-6,11,17,19H,1-2,7-8H2,(H2,14,15). The zero-order valence-electron chi connectivity index (χ0n) is 10.5. The van der Waals surface area contributed by atoms with Crippen molar-refractivity contribution < 1.29 is 15.1 Å². The number of amides is 1. The Morgan fingerprint density at radius 1 is 1.32 bits per heavy atom. The molecule has 102 valence electrons. The van der Waals surface area contributed by atoms with Gasteiger partial charge in [-0.25, -0.2) is 0 Å². The van der Waals surface area contributed by atoms with Crippen molar-refractivity contribution in [3.05, 3.63) is 35.4 Å². The van der Waals surface area contributed by atoms with Crippen molar-refractivity contribution >= 4 is 11.7 Å². The second kappa shape index (κ2) is 5.71. The number of benzene rings is 1. The Hall–Kier alpha value is -2.08. The minimum Gasteiger partial charge on any atom is -0.409 e. The summed E-state index contributed by atoms with van der Waals surface area (Å²) in [5.41, 5.74) is 6.54. The van der Waals surface area contributed by atoms with Crippen molar-refractivity contribution in [1.82, 2.24) is 4.90 Å². The van der Waals surface area contributed by atoms with E-state index in [4.69, 9.17) is 10.9 Å². The second-order valence-electron chi connectivity index (χ2n) is 4.61. The first kappa shape index (κ1) is 13.4. The molecule has 1 amide bonds. The Balaban J connectivity index is 2.11. The molecule has 6 heteroatoms. The van der Waals surface area contributed by atoms with E-state index in [0.717, 1.165) is 12.8 Å². The van der Waals surface area contributed by atoms with Crippen molar-refractivity contribution in [3.8, 4) is 0 Å². The number of aliphatic hydroxyl groups excluding tert-OH is 1. The molecule has 2 rings (SSSR count). The Bertz CT molecular complexity index is 484. The normalized spacial score (nSPS) is 20.4. The molecule has 0 bridgehead atoms. The summed E-state index contributed by atoms with van der Waals surface area (Å²) in [4.78, 5) is 13.8. The van der Waals surface area contributed by atoms with E-state index < -0.39 is 6.10 Å². The van der Waals surface area contributed by atoms with E-state index in [1.54, 1.807) is 29.2 Å². The summed E-state index contributed by atoms with van der Waals surface area (Å²) in [7, 11) is 0. The van der Waals surface area contributed by atoms with Crippen LogP contribution in [-0.4, -0.2) is 46.1 Å². The van der Waals surface area contributed by atoms with Gasteiger partial charge in [0.2, 0.25) is 0 Å². The summed E-state index contributed by atoms with van der Waals surface area (Å²) in [6, 6.07) is 6.53. The largest absolute Gasteiger partial charge is 0.409 e. The molecular formula is C13H17N3O3. The number of likely N-dealkylation sites (tertiary alicyclic amines) is 1. The van der Waals surface area contributed by atoms with E-state index in [-0.39, 0.29) is 11.7 Å². The van der Waals surface area contributed by atoms with E-state index in [1.165, 1.54) is 0 Å². The van der Waals surface area contributed by atoms with E-state index in [0.29, 0.717) is 24.2 Å². The van der Waals surface area contributed by atoms with Crippen molar-refractivity contribution in [3.63, 3.8) is 0 Å². The van der Waals surface area contributed by atoms with Crippen LogP contribution in [-0.2, 0) is 0 Å². The fraction of sp³-hybridized carbons (Fsp3) is 0.385. The molecule has 0 saturated carbocycles. The number of nitrogens with zero attached hydrogens (tertiary/aromatic N) is 2. The number of carbonyl (C=O) groups excluding carboxylic acids is 1. The summed E-state index contributed by atoms with van der Waals surface area (Å²) in [5.74, 6) is -0.0998. The molecule has 0 aliphatic carbocycles. The molecule has 1 atom stereocenters. The Kier molecular flexibility index (Phi) is 4.01. The number of rotatable bonds is 2. The highest BCUT2D eigenvalue weighted by molar-refractivity contribution is 5.99. The van der Waals surface area contributed by atoms with Crippen molar-refractivity contribution in [2.24, 2.45) is 10.9 Å². The third-order valence-corrected chi connectivity index (χ3v) is 3.22. The lowest BCUT2D eigenvalue weighted by atomic mass is 10.1. The number of hydrogen-bond donors (Lipinski definition) is 3. The highest BCUT2D eigenvalue weighted by atomic mass is 16.4. The molecule has 1 heterocycles. The zero-order chi connectivity index (χ0) is 13.8. The van der Waals surface area contributed by atoms with E-state index >= 15 is 0 Å². The lowest BCUT2D eigenvalue weighted by Gasteiger charge is -2.30. The zero-order valence-corrected chi connectivity index (χ0v) is 10.5. The van der Waals surface area contributed by atoms with Gasteiger partial charge < -0.3 is 20.9 Å². The average molecular weight is 263 g/mol. The Labute approximate surface area is 111 Å². The molecule has 1 aromatic rings. The highest BCUT2D eigenvalue weighted by Gasteiger charge is 2.22. The van der Waals surface area contributed by atoms with Gasteiger partial charge in [0, 0.05) is 24.2 Å². The molecule has 19 heavy (non-hydrogen) atoms. The molecule has 1 saturated heterocycles. The molecule has 4 N–H and O–H groups in total. The third kappa shape index (κ3) is 3.03. The number of nitrogens with two attached hydrogens (primary N) is 1. The van der Waals surface area contributed by atoms with Crippen LogP contribution < -0.4 is 5.73 Å². The molecule has 6 nitrogen and oxygen atoms in total. The van der Waals surface area contributed by atoms with Gasteiger partial charge in [-0.2, -0.15) is 0 Å². The molecule has 1 aromatic carbocycles. The maximum atomic E-state index is 12.2. The number of oxime groups is 1. The summed E-state index contributed by atoms with van der Waals surface area (Å²) in [6.07, 6.45) is 1.12. The number of piperidine rings is 1. The maximum absolute atomic E-state index is 12.2. The van der Waals surface area contributed by atoms with Crippen molar-refractivity contribution in [1.29, 1.82) is 0 Å². The van der Waals surface area contributed by atoms with Crippen LogP contribution in [0.25, 0.3) is 0 Å². The lowest BCUT2D eigenvalue weighted by Crippen LogP contribution is -2.42. The average Bonchev–Trinajstić information content (AvgIpc) is 2.46. The quantitative estimate of drug-likeness (QED) is 0.311. The molecule has 1 unspecified atom stereocenters. The SMILES string of the molecule is N/C(=N/O)c1ccc(C(=O)N2CCCC(O)C2)cc1. The summed E-state index contributed by atoms with van der Waals surface area (Å²) < 4.78 is 0. The minimum absolute atomic E-state index is 0.00685. The molecular weight excluding hydrogens is 246 g/mol. The molecule has 0 aromatic heterocycles. The third-order valence-electron chi connectivity index (χ3n) is 3.22. The lowest BCUT2D eigenvalue weighted by molar-refractivity contribution is 0.0474. The van der Waals surface area contributed by atoms with Crippen LogP contribution in [0.15, 0.2) is 29.4 Å². The number of β-amino-alcohol motifs (C(OH)–C–C–N with tert-alkyl or cyclic N) is 1. The summed E-state index contributed by atoms with van der Waals surface area (Å²) in [6.45, 7) is 1.04. The van der Waals surface area contributed by atoms with Crippen molar-refractivity contribution in [2.45, 2.75) is 18.9 Å². The first-order valence-corrected chi connectivity index (χ1v) is 6.17. The predicted octanol–water partition coefficient (Wildman–Crippen LogP) is 0.378. The molecule has 0 radical (unpaired) electrons. The molecule has 1 aliphatic heterocycles. The summed E-state index contributed by atoms with van der Waals surface area (Å²) in [5, 5.41) is 21.0. The van der Waals surface area contributed by atoms with Gasteiger partial charge >= 0.3 is 0 Å². The van der Waals surface area contributed by atoms with Gasteiger partial charge in [0.15, 0.2) is 5.84 Å². The topological polar surface area (TPSA) is 99.2 Å². The Morgan fingerprint density at radius 2 is 1.95 bits per heavy atom. The maximum Gasteiger partial charge on any atom is 0.253 e. The number of carbonyl (C=O) groups is 1. The smallest absolute Gasteiger partial charge is 0.253 e. The van der Waals surface area contributed by atoms with E-state index in [9.17, 15) is 9.90 Å². The van der Waals surface area contributed by atoms with Gasteiger partial charge in [0.1, 0.15) is 0 Å². The van der Waals surface area contributed by atoms with Gasteiger partial charge in [-0.1, -0.05) is 17.3 Å². The monoisotopic (exact) mass is 263 g/mol. The van der Waals surface area contributed by atoms with Crippen LogP contribution in [0.3, 0.4) is 0 Å². The van der Waals surface area contributed by atoms with Crippen LogP contribution in [0.1, 0.15) is 28.8 Å². The van der Waals surface area contributed by atoms with Crippen molar-refractivity contribution in [2.75, 3.05) is 13.1 Å². The van der Waals surface area contributed by atoms with E-state index in [2.05, 4.69) is 5.16 Å². The second-order valence-corrected chi connectivity index (χ2v) is 4.61. The first-order chi connectivity index (χ1) is 9.11. The molecule has 1 fully saturated rings. The number of amidine groups is 1. The van der Waals surface area contributed by atoms with Gasteiger partial charge in [-0.05, 0) is 25.0 Å². The summed E-state index contributed by atoms with van der Waals surface area (Å²) >= 11 is 0. The van der Waals surface area contributed by atoms with Crippen LogP contribution >= 0.6 is 0 Å². The first-order valence-electron chi connectivity index (χ1n) is 6.17. The van der Waals surface area contributed by atoms with Gasteiger partial charge in [0.05, 0.1) is 6.10 Å². The highest BCUT2D eigenvalue weighted by Crippen LogP contribution is 2.14. The van der Waals surface area contributed by atoms with E-state index in [1.807, 2.05) is 0 Å². The fourth-order valence-corrected chi connectivity index (χ4v) is 2.16. The van der Waals surface area contributed by atoms with Gasteiger partial charge in [0.25, 0.3) is 5.91 Å². The fourth-order valence-electron chi connectivity index (χ4n) is 2.16. The van der Waals surface area contributed by atoms with Crippen LogP contribution in [0, 0.1) is 0 Å². The Morgan fingerprint density at radius 3 is 2.53 bits per heavy atom.